The van der Waals surface area contributed by atoms with Crippen molar-refractivity contribution in [1.82, 2.24) is 15.2 Å². The molecular formula is C11H18N4O3. The molecule has 100 valence electrons. The number of carbonyl (C=O) groups excluding carboxylic acids is 1. The number of hydrogen-bond acceptors (Lipinski definition) is 6. The molecular weight excluding hydrogens is 236 g/mol. The first-order valence-electron chi connectivity index (χ1n) is 5.90. The minimum atomic E-state index is -0.606. The van der Waals surface area contributed by atoms with Crippen molar-refractivity contribution in [3.63, 3.8) is 0 Å². The number of carbonyl (C=O) groups is 1. The zero-order valence-corrected chi connectivity index (χ0v) is 10.8. The molecule has 1 saturated heterocycles. The molecule has 0 aliphatic carbocycles. The van der Waals surface area contributed by atoms with Crippen LogP contribution in [0.2, 0.25) is 0 Å². The third-order valence-corrected chi connectivity index (χ3v) is 3.32. The van der Waals surface area contributed by atoms with Crippen LogP contribution in [0.4, 0.5) is 0 Å². The van der Waals surface area contributed by atoms with E-state index in [-0.39, 0.29) is 5.97 Å². The molecule has 0 bridgehead atoms. The van der Waals surface area contributed by atoms with Gasteiger partial charge in [0.25, 0.3) is 0 Å². The number of ether oxygens (including phenoxy) is 1. The molecule has 0 spiro atoms. The molecule has 0 amide bonds. The number of nitrogens with zero attached hydrogens (tertiary/aromatic N) is 3. The second-order valence-electron chi connectivity index (χ2n) is 5.27. The van der Waals surface area contributed by atoms with Gasteiger partial charge >= 0.3 is 5.97 Å². The molecule has 7 heteroatoms. The SMILES string of the molecule is CCC(C)(C)C(=O)On1cc(C2(N)COC2)nn1. The van der Waals surface area contributed by atoms with Crippen molar-refractivity contribution in [2.75, 3.05) is 13.2 Å². The summed E-state index contributed by atoms with van der Waals surface area (Å²) in [6.45, 7) is 6.36. The van der Waals surface area contributed by atoms with Gasteiger partial charge in [-0.15, -0.1) is 5.10 Å². The first kappa shape index (κ1) is 13.0. The first-order chi connectivity index (χ1) is 8.37. The molecule has 1 aliphatic rings. The Morgan fingerprint density at radius 3 is 2.83 bits per heavy atom. The monoisotopic (exact) mass is 254 g/mol. The van der Waals surface area contributed by atoms with E-state index >= 15 is 0 Å². The van der Waals surface area contributed by atoms with E-state index in [1.165, 1.54) is 6.20 Å². The Hall–Kier alpha value is -1.47. The molecule has 1 aromatic rings. The maximum absolute atomic E-state index is 11.8. The Morgan fingerprint density at radius 1 is 1.67 bits per heavy atom. The summed E-state index contributed by atoms with van der Waals surface area (Å²) in [6.07, 6.45) is 2.20. The summed E-state index contributed by atoms with van der Waals surface area (Å²) in [4.78, 5) is 18.0. The van der Waals surface area contributed by atoms with Gasteiger partial charge in [-0.3, -0.25) is 0 Å². The van der Waals surface area contributed by atoms with Gasteiger partial charge in [-0.05, 0) is 25.5 Å². The van der Waals surface area contributed by atoms with Gasteiger partial charge in [0.15, 0.2) is 0 Å². The van der Waals surface area contributed by atoms with E-state index in [0.29, 0.717) is 25.3 Å². The van der Waals surface area contributed by atoms with Crippen molar-refractivity contribution in [3.8, 4) is 0 Å². The highest BCUT2D eigenvalue weighted by molar-refractivity contribution is 5.75. The molecule has 2 heterocycles. The standard InChI is InChI=1S/C11H18N4O3/c1-4-10(2,3)9(16)18-15-5-8(13-14-15)11(12)6-17-7-11/h5H,4,6-7,12H2,1-3H3. The fraction of sp³-hybridized carbons (Fsp3) is 0.727. The summed E-state index contributed by atoms with van der Waals surface area (Å²) in [5.41, 5.74) is 5.41. The lowest BCUT2D eigenvalue weighted by Gasteiger charge is -2.35. The minimum Gasteiger partial charge on any atom is -0.377 e. The Morgan fingerprint density at radius 2 is 2.33 bits per heavy atom. The van der Waals surface area contributed by atoms with E-state index in [2.05, 4.69) is 10.3 Å². The van der Waals surface area contributed by atoms with E-state index in [9.17, 15) is 4.79 Å². The lowest BCUT2D eigenvalue weighted by molar-refractivity contribution is -0.156. The maximum Gasteiger partial charge on any atom is 0.340 e. The normalized spacial score (nSPS) is 18.2. The van der Waals surface area contributed by atoms with E-state index < -0.39 is 11.0 Å². The second-order valence-corrected chi connectivity index (χ2v) is 5.27. The van der Waals surface area contributed by atoms with Gasteiger partial charge < -0.3 is 15.3 Å². The summed E-state index contributed by atoms with van der Waals surface area (Å²) < 4.78 is 5.04. The van der Waals surface area contributed by atoms with Crippen LogP contribution in [0.15, 0.2) is 6.20 Å². The average Bonchev–Trinajstić information content (AvgIpc) is 2.74. The van der Waals surface area contributed by atoms with Crippen molar-refractivity contribution < 1.29 is 14.4 Å². The van der Waals surface area contributed by atoms with Crippen LogP contribution in [-0.4, -0.2) is 34.3 Å². The van der Waals surface area contributed by atoms with Gasteiger partial charge in [0.05, 0.1) is 24.8 Å². The molecule has 0 saturated carbocycles. The van der Waals surface area contributed by atoms with E-state index in [1.54, 1.807) is 0 Å². The average molecular weight is 254 g/mol. The Labute approximate surface area is 105 Å². The summed E-state index contributed by atoms with van der Waals surface area (Å²) in [5.74, 6) is -0.350. The van der Waals surface area contributed by atoms with Gasteiger partial charge in [-0.1, -0.05) is 11.8 Å². The molecule has 0 radical (unpaired) electrons. The fourth-order valence-corrected chi connectivity index (χ4v) is 1.34. The predicted molar refractivity (Wildman–Crippen MR) is 62.4 cm³/mol. The quantitative estimate of drug-likeness (QED) is 0.751. The van der Waals surface area contributed by atoms with E-state index in [4.69, 9.17) is 15.3 Å². The predicted octanol–water partition coefficient (Wildman–Crippen LogP) is -0.146. The zero-order valence-electron chi connectivity index (χ0n) is 10.8. The summed E-state index contributed by atoms with van der Waals surface area (Å²) >= 11 is 0. The number of nitrogens with two attached hydrogens (primary N) is 1. The van der Waals surface area contributed by atoms with Crippen LogP contribution in [0, 0.1) is 5.41 Å². The van der Waals surface area contributed by atoms with E-state index in [0.717, 1.165) is 4.85 Å². The van der Waals surface area contributed by atoms with Gasteiger partial charge in [0, 0.05) is 0 Å². The fourth-order valence-electron chi connectivity index (χ4n) is 1.34. The summed E-state index contributed by atoms with van der Waals surface area (Å²) in [6, 6.07) is 0. The molecule has 7 nitrogen and oxygen atoms in total. The van der Waals surface area contributed by atoms with Gasteiger partial charge in [0.1, 0.15) is 11.2 Å². The van der Waals surface area contributed by atoms with Crippen LogP contribution < -0.4 is 10.6 Å². The smallest absolute Gasteiger partial charge is 0.340 e. The highest BCUT2D eigenvalue weighted by Crippen LogP contribution is 2.24. The van der Waals surface area contributed by atoms with Crippen LogP contribution >= 0.6 is 0 Å². The largest absolute Gasteiger partial charge is 0.377 e. The van der Waals surface area contributed by atoms with Gasteiger partial charge in [-0.25, -0.2) is 4.79 Å². The third-order valence-electron chi connectivity index (χ3n) is 3.32. The van der Waals surface area contributed by atoms with E-state index in [1.807, 2.05) is 20.8 Å². The number of hydrogen-bond donors (Lipinski definition) is 1. The van der Waals surface area contributed by atoms with Crippen LogP contribution in [0.1, 0.15) is 32.9 Å². The summed E-state index contributed by atoms with van der Waals surface area (Å²) in [7, 11) is 0. The topological polar surface area (TPSA) is 92.3 Å². The lowest BCUT2D eigenvalue weighted by atomic mass is 9.91. The first-order valence-corrected chi connectivity index (χ1v) is 5.90. The van der Waals surface area contributed by atoms with Crippen LogP contribution in [0.3, 0.4) is 0 Å². The molecule has 0 aromatic carbocycles. The minimum absolute atomic E-state index is 0.350. The van der Waals surface area contributed by atoms with Crippen molar-refractivity contribution >= 4 is 5.97 Å². The van der Waals surface area contributed by atoms with Crippen molar-refractivity contribution in [2.24, 2.45) is 11.1 Å². The number of rotatable bonds is 4. The third kappa shape index (κ3) is 2.23. The van der Waals surface area contributed by atoms with Crippen molar-refractivity contribution in [3.05, 3.63) is 11.9 Å². The Balaban J connectivity index is 2.05. The highest BCUT2D eigenvalue weighted by atomic mass is 16.7. The molecule has 2 N–H and O–H groups in total. The van der Waals surface area contributed by atoms with Crippen LogP contribution in [0.5, 0.6) is 0 Å². The van der Waals surface area contributed by atoms with Crippen molar-refractivity contribution in [2.45, 2.75) is 32.7 Å². The highest BCUT2D eigenvalue weighted by Gasteiger charge is 2.39. The van der Waals surface area contributed by atoms with Crippen LogP contribution in [-0.2, 0) is 15.1 Å². The molecule has 18 heavy (non-hydrogen) atoms. The molecule has 0 unspecified atom stereocenters. The van der Waals surface area contributed by atoms with Crippen molar-refractivity contribution in [1.29, 1.82) is 0 Å². The molecule has 1 aromatic heterocycles. The number of aromatic nitrogens is 3. The van der Waals surface area contributed by atoms with Gasteiger partial charge in [0.2, 0.25) is 0 Å². The van der Waals surface area contributed by atoms with Gasteiger partial charge in [-0.2, -0.15) is 0 Å². The molecule has 1 fully saturated rings. The summed E-state index contributed by atoms with van der Waals surface area (Å²) in [5, 5.41) is 7.64. The second kappa shape index (κ2) is 4.33. The Kier molecular flexibility index (Phi) is 3.12. The molecule has 0 atom stereocenters. The molecule has 1 aliphatic heterocycles. The zero-order chi connectivity index (χ0) is 13.4. The molecule has 2 rings (SSSR count). The Bertz CT molecular complexity index is 451. The maximum atomic E-state index is 11.8. The lowest BCUT2D eigenvalue weighted by Crippen LogP contribution is -2.54. The van der Waals surface area contributed by atoms with Crippen LogP contribution in [0.25, 0.3) is 0 Å².